The number of aliphatic carboxylic acids is 6. The summed E-state index contributed by atoms with van der Waals surface area (Å²) in [4.78, 5) is 58.9. The zero-order chi connectivity index (χ0) is 37.1. The van der Waals surface area contributed by atoms with Crippen molar-refractivity contribution in [3.05, 3.63) is 0 Å². The van der Waals surface area contributed by atoms with E-state index in [0.29, 0.717) is 12.3 Å². The summed E-state index contributed by atoms with van der Waals surface area (Å²) < 4.78 is 0. The first-order valence-corrected chi connectivity index (χ1v) is 13.1. The minimum Gasteiger partial charge on any atom is -0.480 e. The maximum atomic E-state index is 10.1. The molecule has 0 aromatic carbocycles. The van der Waals surface area contributed by atoms with Crippen LogP contribution in [-0.2, 0) is 28.8 Å². The second-order valence-electron chi connectivity index (χ2n) is 10.2. The minimum absolute atomic E-state index is 0.0208. The molecule has 19 nitrogen and oxygen atoms in total. The van der Waals surface area contributed by atoms with Crippen LogP contribution < -0.4 is 34.4 Å². The number of carbonyl (C=O) groups is 6. The topological polar surface area (TPSA) is 400 Å². The second-order valence-corrected chi connectivity index (χ2v) is 10.2. The Hall–Kier alpha value is -3.46. The Balaban J connectivity index is -0.0000000991. The fourth-order valence-corrected chi connectivity index (χ4v) is 1.26. The quantitative estimate of drug-likeness (QED) is 0.113. The van der Waals surface area contributed by atoms with Gasteiger partial charge in [-0.1, -0.05) is 41.5 Å². The van der Waals surface area contributed by atoms with E-state index in [1.54, 1.807) is 27.7 Å². The molecule has 0 spiro atoms. The van der Waals surface area contributed by atoms with Crippen molar-refractivity contribution in [3.8, 4) is 0 Å². The normalized spacial score (nSPS) is 13.8. The Labute approximate surface area is 257 Å². The van der Waals surface area contributed by atoms with E-state index in [0.717, 1.165) is 0 Å². The van der Waals surface area contributed by atoms with Gasteiger partial charge in [-0.05, 0) is 38.0 Å². The molecule has 0 bridgehead atoms. The third-order valence-electron chi connectivity index (χ3n) is 4.34. The van der Waals surface area contributed by atoms with Gasteiger partial charge in [0.05, 0.1) is 6.61 Å². The first-order chi connectivity index (χ1) is 19.6. The van der Waals surface area contributed by atoms with Gasteiger partial charge in [0.25, 0.3) is 0 Å². The molecule has 19 heteroatoms. The third-order valence-corrected chi connectivity index (χ3v) is 4.34. The predicted molar refractivity (Wildman–Crippen MR) is 161 cm³/mol. The minimum atomic E-state index is -1.18. The molecule has 6 atom stereocenters. The van der Waals surface area contributed by atoms with Crippen molar-refractivity contribution in [3.63, 3.8) is 0 Å². The van der Waals surface area contributed by atoms with E-state index in [4.69, 9.17) is 70.1 Å². The van der Waals surface area contributed by atoms with Crippen LogP contribution in [-0.4, -0.2) is 114 Å². The number of carboxylic acid groups (broad SMARTS) is 6. The summed E-state index contributed by atoms with van der Waals surface area (Å²) in [5.41, 5.74) is 30.0. The van der Waals surface area contributed by atoms with Crippen LogP contribution in [0, 0.1) is 17.8 Å². The molecule has 0 aromatic heterocycles. The highest BCUT2D eigenvalue weighted by molar-refractivity contribution is 5.74. The summed E-state index contributed by atoms with van der Waals surface area (Å²) >= 11 is 0. The van der Waals surface area contributed by atoms with E-state index < -0.39 is 78.7 Å². The van der Waals surface area contributed by atoms with Gasteiger partial charge in [-0.15, -0.1) is 0 Å². The fraction of sp³-hybridized carbons (Fsp3) is 0.760. The Morgan fingerprint density at radius 1 is 0.455 bits per heavy atom. The Kier molecular flexibility index (Phi) is 37.4. The monoisotopic (exact) mass is 648 g/mol. The molecule has 0 aliphatic heterocycles. The van der Waals surface area contributed by atoms with Crippen molar-refractivity contribution in [2.24, 2.45) is 52.2 Å². The molecule has 0 aliphatic carbocycles. The molecule has 19 N–H and O–H groups in total. The summed E-state index contributed by atoms with van der Waals surface area (Å²) in [6, 6.07) is -4.70. The Bertz CT molecular complexity index is 767. The number of hydrogen-bond donors (Lipinski definition) is 13. The predicted octanol–water partition coefficient (Wildman–Crippen LogP) is -2.22. The highest BCUT2D eigenvalue weighted by Crippen LogP contribution is 2.01. The maximum Gasteiger partial charge on any atom is 0.322 e. The second kappa shape index (κ2) is 31.0. The van der Waals surface area contributed by atoms with Crippen molar-refractivity contribution >= 4 is 35.8 Å². The van der Waals surface area contributed by atoms with Gasteiger partial charge >= 0.3 is 35.8 Å². The lowest BCUT2D eigenvalue weighted by Crippen LogP contribution is -2.34. The lowest BCUT2D eigenvalue weighted by Gasteiger charge is -2.07. The molecule has 0 aliphatic rings. The van der Waals surface area contributed by atoms with Gasteiger partial charge in [-0.25, -0.2) is 0 Å². The van der Waals surface area contributed by atoms with Crippen LogP contribution in [0.2, 0.25) is 0 Å². The van der Waals surface area contributed by atoms with Crippen LogP contribution >= 0.6 is 0 Å². The lowest BCUT2D eigenvalue weighted by atomic mass is 10.1. The van der Waals surface area contributed by atoms with Gasteiger partial charge in [0, 0.05) is 0 Å². The van der Waals surface area contributed by atoms with Crippen LogP contribution in [0.5, 0.6) is 0 Å². The van der Waals surface area contributed by atoms with Crippen LogP contribution in [0.3, 0.4) is 0 Å². The van der Waals surface area contributed by atoms with Crippen LogP contribution in [0.25, 0.3) is 0 Å². The SMILES string of the molecule is CC(C)C[C@H](N)C(=O)O.CC(C)[C@H](N)C(=O)O.CC(C)[C@H](N)C(=O)O.C[C@H](N)C(=O)O.C[C@H](N)C(=O)O.N[C@@H](CO)C(=O)O. The Morgan fingerprint density at radius 2 is 0.682 bits per heavy atom. The third kappa shape index (κ3) is 45.5. The number of hydrogen-bond acceptors (Lipinski definition) is 13. The van der Waals surface area contributed by atoms with Gasteiger partial charge in [0.15, 0.2) is 0 Å². The lowest BCUT2D eigenvalue weighted by molar-refractivity contribution is -0.140. The van der Waals surface area contributed by atoms with E-state index in [1.165, 1.54) is 13.8 Å². The summed E-state index contributed by atoms with van der Waals surface area (Å²) in [6.07, 6.45) is 0.551. The molecular formula is C25H56N6O13. The number of rotatable bonds is 11. The summed E-state index contributed by atoms with van der Waals surface area (Å²) in [5.74, 6) is -5.48. The average Bonchev–Trinajstić information content (AvgIpc) is 2.88. The van der Waals surface area contributed by atoms with Crippen LogP contribution in [0.15, 0.2) is 0 Å². The van der Waals surface area contributed by atoms with Crippen molar-refractivity contribution in [1.29, 1.82) is 0 Å². The van der Waals surface area contributed by atoms with E-state index in [9.17, 15) is 28.8 Å². The first-order valence-electron chi connectivity index (χ1n) is 13.1. The van der Waals surface area contributed by atoms with Crippen LogP contribution in [0.1, 0.15) is 61.8 Å². The first kappa shape index (κ1) is 53.1. The zero-order valence-electron chi connectivity index (χ0n) is 26.7. The number of carboxylic acids is 6. The molecule has 264 valence electrons. The van der Waals surface area contributed by atoms with Gasteiger partial charge in [0.2, 0.25) is 0 Å². The number of aliphatic hydroxyl groups excluding tert-OH is 1. The van der Waals surface area contributed by atoms with E-state index in [2.05, 4.69) is 0 Å². The number of aliphatic hydroxyl groups is 1. The van der Waals surface area contributed by atoms with Crippen molar-refractivity contribution in [2.75, 3.05) is 6.61 Å². The van der Waals surface area contributed by atoms with E-state index >= 15 is 0 Å². The molecule has 0 unspecified atom stereocenters. The van der Waals surface area contributed by atoms with Gasteiger partial charge in [0.1, 0.15) is 36.3 Å². The highest BCUT2D eigenvalue weighted by Gasteiger charge is 2.15. The van der Waals surface area contributed by atoms with Gasteiger partial charge in [-0.2, -0.15) is 0 Å². The molecule has 0 fully saturated rings. The molecule has 44 heavy (non-hydrogen) atoms. The molecule has 0 saturated carbocycles. The summed E-state index contributed by atoms with van der Waals surface area (Å²) in [5, 5.41) is 56.4. The molecule has 0 radical (unpaired) electrons. The molecular weight excluding hydrogens is 592 g/mol. The van der Waals surface area contributed by atoms with Crippen molar-refractivity contribution in [2.45, 2.75) is 98.1 Å². The highest BCUT2D eigenvalue weighted by atomic mass is 16.4. The van der Waals surface area contributed by atoms with Gasteiger partial charge in [-0.3, -0.25) is 28.8 Å². The van der Waals surface area contributed by atoms with Gasteiger partial charge < -0.3 is 70.1 Å². The maximum absolute atomic E-state index is 10.1. The summed E-state index contributed by atoms with van der Waals surface area (Å²) in [7, 11) is 0. The molecule has 0 aromatic rings. The standard InChI is InChI=1S/C6H13NO2.2C5H11NO2.C3H7NO3.2C3H7NO2/c1-4(2)3-5(7)6(8)9;2*1-3(2)4(6)5(7)8;4-2(1-5)3(6)7;2*1-2(4)3(5)6/h4-5H,3,7H2,1-2H3,(H,8,9);2*3-4H,6H2,1-2H3,(H,7,8);2,5H,1,4H2,(H,6,7);2*2H,4H2,1H3,(H,5,6)/t5-;2*4-;3*2-/m000000/s1. The smallest absolute Gasteiger partial charge is 0.322 e. The summed E-state index contributed by atoms with van der Waals surface area (Å²) in [6.45, 7) is 13.3. The van der Waals surface area contributed by atoms with Crippen molar-refractivity contribution < 1.29 is 64.5 Å². The molecule has 0 amide bonds. The Morgan fingerprint density at radius 3 is 0.705 bits per heavy atom. The van der Waals surface area contributed by atoms with E-state index in [-0.39, 0.29) is 11.8 Å². The molecule has 0 heterocycles. The number of nitrogens with two attached hydrogens (primary N) is 6. The zero-order valence-corrected chi connectivity index (χ0v) is 26.7. The van der Waals surface area contributed by atoms with Crippen LogP contribution in [0.4, 0.5) is 0 Å². The average molecular weight is 649 g/mol. The largest absolute Gasteiger partial charge is 0.480 e. The molecule has 0 rings (SSSR count). The molecule has 0 saturated heterocycles. The van der Waals surface area contributed by atoms with Crippen molar-refractivity contribution in [1.82, 2.24) is 0 Å². The van der Waals surface area contributed by atoms with E-state index in [1.807, 2.05) is 13.8 Å². The fourth-order valence-electron chi connectivity index (χ4n) is 1.26.